The van der Waals surface area contributed by atoms with Crippen LogP contribution < -0.4 is 4.90 Å². The van der Waals surface area contributed by atoms with Crippen molar-refractivity contribution in [2.75, 3.05) is 18.6 Å². The van der Waals surface area contributed by atoms with Gasteiger partial charge in [-0.3, -0.25) is 10.2 Å². The Balaban J connectivity index is 2.26. The number of allylic oxidation sites excluding steroid dienone is 1. The third kappa shape index (κ3) is 5.66. The molecule has 0 saturated heterocycles. The van der Waals surface area contributed by atoms with E-state index in [4.69, 9.17) is 14.9 Å². The van der Waals surface area contributed by atoms with Gasteiger partial charge in [0.2, 0.25) is 0 Å². The van der Waals surface area contributed by atoms with Crippen LogP contribution in [0.25, 0.3) is 0 Å². The molecule has 0 aliphatic carbocycles. The van der Waals surface area contributed by atoms with E-state index in [0.29, 0.717) is 17.5 Å². The highest BCUT2D eigenvalue weighted by Gasteiger charge is 2.47. The number of nitrogens with zero attached hydrogens (tertiary/aromatic N) is 2. The molecule has 0 fully saturated rings. The normalized spacial score (nSPS) is 17.9. The Labute approximate surface area is 212 Å². The van der Waals surface area contributed by atoms with Crippen LogP contribution in [0.15, 0.2) is 59.8 Å². The number of hydrogen-bond donors (Lipinski definition) is 1. The fourth-order valence-electron chi connectivity index (χ4n) is 4.31. The summed E-state index contributed by atoms with van der Waals surface area (Å²) >= 11 is 0. The number of benzene rings is 2. The Morgan fingerprint density at radius 2 is 1.84 bits per heavy atom. The smallest absolute Gasteiger partial charge is 0.416 e. The van der Waals surface area contributed by atoms with Crippen molar-refractivity contribution < 1.29 is 32.2 Å². The lowest BCUT2D eigenvalue weighted by Gasteiger charge is -2.40. The van der Waals surface area contributed by atoms with E-state index in [1.165, 1.54) is 31.2 Å². The molecule has 0 bridgehead atoms. The summed E-state index contributed by atoms with van der Waals surface area (Å²) < 4.78 is 50.8. The SMILES string of the molecule is CCCCOC(=O)C1C(=N)N(c2cccc(C(F)(F)F)c2)C(C)=C(C(=O)OC)C1c1ccc(C#N)cc1. The lowest BCUT2D eigenvalue weighted by atomic mass is 9.75. The minimum Gasteiger partial charge on any atom is -0.466 e. The highest BCUT2D eigenvalue weighted by Crippen LogP contribution is 2.44. The highest BCUT2D eigenvalue weighted by atomic mass is 19.4. The molecule has 1 aliphatic heterocycles. The average Bonchev–Trinajstić information content (AvgIpc) is 2.87. The van der Waals surface area contributed by atoms with E-state index in [9.17, 15) is 28.0 Å². The summed E-state index contributed by atoms with van der Waals surface area (Å²) in [5, 5.41) is 18.1. The van der Waals surface area contributed by atoms with E-state index in [1.807, 2.05) is 13.0 Å². The second-order valence-electron chi connectivity index (χ2n) is 8.47. The molecule has 7 nitrogen and oxygen atoms in total. The number of methoxy groups -OCH3 is 1. The molecule has 0 spiro atoms. The predicted octanol–water partition coefficient (Wildman–Crippen LogP) is 5.56. The first-order valence-corrected chi connectivity index (χ1v) is 11.6. The molecule has 37 heavy (non-hydrogen) atoms. The van der Waals surface area contributed by atoms with Gasteiger partial charge in [-0.15, -0.1) is 0 Å². The third-order valence-corrected chi connectivity index (χ3v) is 6.14. The second kappa shape index (κ2) is 11.3. The molecule has 3 rings (SSSR count). The van der Waals surface area contributed by atoms with Crippen molar-refractivity contribution in [2.45, 2.75) is 38.8 Å². The molecule has 2 unspecified atom stereocenters. The van der Waals surface area contributed by atoms with Gasteiger partial charge in [0.1, 0.15) is 11.8 Å². The van der Waals surface area contributed by atoms with Crippen LogP contribution in [0.4, 0.5) is 18.9 Å². The average molecular weight is 514 g/mol. The van der Waals surface area contributed by atoms with Crippen LogP contribution in [0.2, 0.25) is 0 Å². The number of rotatable bonds is 7. The molecule has 0 saturated carbocycles. The molecule has 1 heterocycles. The number of carbonyl (C=O) groups excluding carboxylic acids is 2. The molecule has 1 N–H and O–H groups in total. The van der Waals surface area contributed by atoms with E-state index >= 15 is 0 Å². The summed E-state index contributed by atoms with van der Waals surface area (Å²) in [7, 11) is 1.15. The highest BCUT2D eigenvalue weighted by molar-refractivity contribution is 6.14. The molecule has 0 radical (unpaired) electrons. The summed E-state index contributed by atoms with van der Waals surface area (Å²) in [5.41, 5.74) is -0.0432. The quantitative estimate of drug-likeness (QED) is 0.384. The number of esters is 2. The number of amidine groups is 1. The maximum absolute atomic E-state index is 13.5. The number of carbonyl (C=O) groups is 2. The summed E-state index contributed by atoms with van der Waals surface area (Å²) in [6, 6.07) is 12.5. The fourth-order valence-corrected chi connectivity index (χ4v) is 4.31. The molecule has 2 atom stereocenters. The van der Waals surface area contributed by atoms with Gasteiger partial charge in [-0.1, -0.05) is 31.5 Å². The van der Waals surface area contributed by atoms with Gasteiger partial charge in [0, 0.05) is 17.3 Å². The lowest BCUT2D eigenvalue weighted by molar-refractivity contribution is -0.147. The van der Waals surface area contributed by atoms with Crippen molar-refractivity contribution in [3.05, 3.63) is 76.5 Å². The number of nitriles is 1. The zero-order valence-corrected chi connectivity index (χ0v) is 20.6. The van der Waals surface area contributed by atoms with Gasteiger partial charge >= 0.3 is 18.1 Å². The van der Waals surface area contributed by atoms with Gasteiger partial charge in [0.05, 0.1) is 36.5 Å². The number of ether oxygens (including phenoxy) is 2. The molecule has 1 aliphatic rings. The zero-order valence-electron chi connectivity index (χ0n) is 20.6. The van der Waals surface area contributed by atoms with E-state index in [1.54, 1.807) is 12.1 Å². The van der Waals surface area contributed by atoms with Crippen LogP contribution in [0, 0.1) is 22.7 Å². The van der Waals surface area contributed by atoms with Crippen LogP contribution in [-0.2, 0) is 25.2 Å². The summed E-state index contributed by atoms with van der Waals surface area (Å²) in [6.45, 7) is 3.47. The van der Waals surface area contributed by atoms with E-state index < -0.39 is 35.5 Å². The monoisotopic (exact) mass is 513 g/mol. The van der Waals surface area contributed by atoms with Crippen LogP contribution in [0.3, 0.4) is 0 Å². The fraction of sp³-hybridized carbons (Fsp3) is 0.333. The van der Waals surface area contributed by atoms with E-state index in [-0.39, 0.29) is 29.4 Å². The maximum atomic E-state index is 13.5. The first-order valence-electron chi connectivity index (χ1n) is 11.6. The van der Waals surface area contributed by atoms with Crippen molar-refractivity contribution in [3.8, 4) is 6.07 Å². The Hall–Kier alpha value is -4.13. The summed E-state index contributed by atoms with van der Waals surface area (Å²) in [4.78, 5) is 27.6. The second-order valence-corrected chi connectivity index (χ2v) is 8.47. The first-order chi connectivity index (χ1) is 17.5. The molecular formula is C27H26F3N3O4. The van der Waals surface area contributed by atoms with E-state index in [0.717, 1.165) is 30.6 Å². The van der Waals surface area contributed by atoms with Crippen molar-refractivity contribution in [1.82, 2.24) is 0 Å². The number of nitrogens with one attached hydrogen (secondary N) is 1. The summed E-state index contributed by atoms with van der Waals surface area (Å²) in [5.74, 6) is -4.33. The van der Waals surface area contributed by atoms with E-state index in [2.05, 4.69) is 0 Å². The number of unbranched alkanes of at least 4 members (excludes halogenated alkanes) is 1. The minimum absolute atomic E-state index is 0.00180. The zero-order chi connectivity index (χ0) is 27.3. The number of halogens is 3. The Morgan fingerprint density at radius 3 is 2.41 bits per heavy atom. The Bertz CT molecular complexity index is 1260. The molecule has 194 valence electrons. The summed E-state index contributed by atoms with van der Waals surface area (Å²) in [6.07, 6.45) is -3.32. The van der Waals surface area contributed by atoms with Gasteiger partial charge in [-0.25, -0.2) is 4.79 Å². The molecule has 2 aromatic rings. The maximum Gasteiger partial charge on any atom is 0.416 e. The Kier molecular flexibility index (Phi) is 8.38. The lowest BCUT2D eigenvalue weighted by Crippen LogP contribution is -2.48. The van der Waals surface area contributed by atoms with Gasteiger partial charge in [-0.05, 0) is 49.2 Å². The number of alkyl halides is 3. The number of hydrogen-bond acceptors (Lipinski definition) is 6. The van der Waals surface area contributed by atoms with Gasteiger partial charge in [0.15, 0.2) is 0 Å². The van der Waals surface area contributed by atoms with Gasteiger partial charge in [0.25, 0.3) is 0 Å². The molecular weight excluding hydrogens is 487 g/mol. The Morgan fingerprint density at radius 1 is 1.16 bits per heavy atom. The predicted molar refractivity (Wildman–Crippen MR) is 130 cm³/mol. The molecule has 0 aromatic heterocycles. The van der Waals surface area contributed by atoms with Crippen LogP contribution >= 0.6 is 0 Å². The van der Waals surface area contributed by atoms with Crippen molar-refractivity contribution in [1.29, 1.82) is 10.7 Å². The van der Waals surface area contributed by atoms with Crippen molar-refractivity contribution >= 4 is 23.5 Å². The van der Waals surface area contributed by atoms with Crippen molar-refractivity contribution in [2.24, 2.45) is 5.92 Å². The minimum atomic E-state index is -4.64. The third-order valence-electron chi connectivity index (χ3n) is 6.14. The topological polar surface area (TPSA) is 103 Å². The van der Waals surface area contributed by atoms with Gasteiger partial charge in [-0.2, -0.15) is 18.4 Å². The van der Waals surface area contributed by atoms with Crippen LogP contribution in [0.1, 0.15) is 49.3 Å². The largest absolute Gasteiger partial charge is 0.466 e. The number of anilines is 1. The molecule has 2 aromatic carbocycles. The first kappa shape index (κ1) is 27.5. The molecule has 0 amide bonds. The van der Waals surface area contributed by atoms with Gasteiger partial charge < -0.3 is 14.4 Å². The standard InChI is InChI=1S/C27H26F3N3O4/c1-4-5-13-37-26(35)23-22(18-11-9-17(15-31)10-12-18)21(25(34)36-3)16(2)33(24(23)32)20-8-6-7-19(14-20)27(28,29)30/h6-12,14,22-23,32H,4-5,13H2,1-3H3. The van der Waals surface area contributed by atoms with Crippen LogP contribution in [-0.4, -0.2) is 31.5 Å². The molecule has 10 heteroatoms. The van der Waals surface area contributed by atoms with Crippen molar-refractivity contribution in [3.63, 3.8) is 0 Å². The van der Waals surface area contributed by atoms with Crippen LogP contribution in [0.5, 0.6) is 0 Å².